The van der Waals surface area contributed by atoms with Gasteiger partial charge in [-0.2, -0.15) is 0 Å². The maximum atomic E-state index is 5.88. The van der Waals surface area contributed by atoms with Crippen LogP contribution in [0.5, 0.6) is 0 Å². The third-order valence-electron chi connectivity index (χ3n) is 2.59. The SMILES string of the molecule is COCC(C)OC1=CC=CCC1COC(C)C. The first-order chi connectivity index (χ1) is 8.13. The van der Waals surface area contributed by atoms with Gasteiger partial charge in [-0.1, -0.05) is 12.2 Å². The molecule has 1 aliphatic carbocycles. The van der Waals surface area contributed by atoms with Gasteiger partial charge in [-0.25, -0.2) is 0 Å². The van der Waals surface area contributed by atoms with Crippen LogP contribution < -0.4 is 0 Å². The van der Waals surface area contributed by atoms with Crippen molar-refractivity contribution in [1.82, 2.24) is 0 Å². The minimum Gasteiger partial charge on any atom is -0.492 e. The van der Waals surface area contributed by atoms with Crippen LogP contribution in [-0.2, 0) is 14.2 Å². The summed E-state index contributed by atoms with van der Waals surface area (Å²) in [6.07, 6.45) is 7.56. The zero-order chi connectivity index (χ0) is 12.7. The largest absolute Gasteiger partial charge is 0.492 e. The van der Waals surface area contributed by atoms with Crippen molar-refractivity contribution in [2.75, 3.05) is 20.3 Å². The third-order valence-corrected chi connectivity index (χ3v) is 2.59. The van der Waals surface area contributed by atoms with E-state index in [9.17, 15) is 0 Å². The average Bonchev–Trinajstić information content (AvgIpc) is 2.28. The first-order valence-electron chi connectivity index (χ1n) is 6.27. The average molecular weight is 240 g/mol. The van der Waals surface area contributed by atoms with Crippen LogP contribution in [0.2, 0.25) is 0 Å². The molecule has 0 saturated heterocycles. The Kier molecular flexibility index (Phi) is 6.30. The second-order valence-electron chi connectivity index (χ2n) is 4.70. The molecule has 1 rings (SSSR count). The molecular formula is C14H24O3. The second kappa shape index (κ2) is 7.51. The van der Waals surface area contributed by atoms with E-state index in [0.29, 0.717) is 19.1 Å². The van der Waals surface area contributed by atoms with Gasteiger partial charge in [0.2, 0.25) is 0 Å². The summed E-state index contributed by atoms with van der Waals surface area (Å²) in [4.78, 5) is 0. The van der Waals surface area contributed by atoms with E-state index < -0.39 is 0 Å². The molecule has 0 N–H and O–H groups in total. The van der Waals surface area contributed by atoms with Crippen molar-refractivity contribution >= 4 is 0 Å². The standard InChI is InChI=1S/C14H24O3/c1-11(2)16-10-13-7-5-6-8-14(13)17-12(3)9-15-4/h5-6,8,11-13H,7,9-10H2,1-4H3. The van der Waals surface area contributed by atoms with Crippen molar-refractivity contribution in [3.8, 4) is 0 Å². The van der Waals surface area contributed by atoms with E-state index in [2.05, 4.69) is 19.9 Å². The summed E-state index contributed by atoms with van der Waals surface area (Å²) >= 11 is 0. The van der Waals surface area contributed by atoms with Gasteiger partial charge in [-0.05, 0) is 33.3 Å². The second-order valence-corrected chi connectivity index (χ2v) is 4.70. The van der Waals surface area contributed by atoms with Gasteiger partial charge in [-0.15, -0.1) is 0 Å². The van der Waals surface area contributed by atoms with E-state index in [1.807, 2.05) is 19.1 Å². The van der Waals surface area contributed by atoms with Gasteiger partial charge < -0.3 is 14.2 Å². The van der Waals surface area contributed by atoms with Gasteiger partial charge in [0.25, 0.3) is 0 Å². The highest BCUT2D eigenvalue weighted by Crippen LogP contribution is 2.23. The molecule has 0 aliphatic heterocycles. The lowest BCUT2D eigenvalue weighted by atomic mass is 9.99. The minimum absolute atomic E-state index is 0.0827. The summed E-state index contributed by atoms with van der Waals surface area (Å²) in [5.41, 5.74) is 0. The molecule has 0 aromatic rings. The lowest BCUT2D eigenvalue weighted by Gasteiger charge is -2.25. The molecule has 0 heterocycles. The van der Waals surface area contributed by atoms with Crippen molar-refractivity contribution in [3.05, 3.63) is 24.0 Å². The molecule has 3 nitrogen and oxygen atoms in total. The Morgan fingerprint density at radius 1 is 1.35 bits per heavy atom. The Hall–Kier alpha value is -0.800. The minimum atomic E-state index is 0.0827. The predicted molar refractivity (Wildman–Crippen MR) is 68.8 cm³/mol. The van der Waals surface area contributed by atoms with Crippen molar-refractivity contribution in [3.63, 3.8) is 0 Å². The topological polar surface area (TPSA) is 27.7 Å². The normalized spacial score (nSPS) is 21.5. The van der Waals surface area contributed by atoms with Crippen LogP contribution in [0.25, 0.3) is 0 Å². The Labute approximate surface area is 104 Å². The van der Waals surface area contributed by atoms with E-state index in [0.717, 1.165) is 12.2 Å². The van der Waals surface area contributed by atoms with E-state index >= 15 is 0 Å². The first kappa shape index (κ1) is 14.3. The van der Waals surface area contributed by atoms with Crippen LogP contribution in [-0.4, -0.2) is 32.5 Å². The van der Waals surface area contributed by atoms with Gasteiger partial charge in [0.1, 0.15) is 11.9 Å². The fraction of sp³-hybridized carbons (Fsp3) is 0.714. The molecule has 3 heteroatoms. The Morgan fingerprint density at radius 2 is 2.12 bits per heavy atom. The number of ether oxygens (including phenoxy) is 3. The molecule has 0 aromatic carbocycles. The molecule has 0 fully saturated rings. The smallest absolute Gasteiger partial charge is 0.119 e. The number of methoxy groups -OCH3 is 1. The van der Waals surface area contributed by atoms with Gasteiger partial charge >= 0.3 is 0 Å². The molecule has 0 amide bonds. The summed E-state index contributed by atoms with van der Waals surface area (Å²) in [6, 6.07) is 0. The molecule has 0 radical (unpaired) electrons. The Bertz CT molecular complexity index is 269. The summed E-state index contributed by atoms with van der Waals surface area (Å²) in [7, 11) is 1.69. The van der Waals surface area contributed by atoms with E-state index in [1.54, 1.807) is 7.11 Å². The summed E-state index contributed by atoms with van der Waals surface area (Å²) < 4.78 is 16.6. The predicted octanol–water partition coefficient (Wildman–Crippen LogP) is 2.92. The van der Waals surface area contributed by atoms with Crippen LogP contribution in [0.1, 0.15) is 27.2 Å². The highest BCUT2D eigenvalue weighted by atomic mass is 16.5. The number of hydrogen-bond donors (Lipinski definition) is 0. The summed E-state index contributed by atoms with van der Waals surface area (Å²) in [5, 5.41) is 0. The van der Waals surface area contributed by atoms with E-state index in [4.69, 9.17) is 14.2 Å². The highest BCUT2D eigenvalue weighted by molar-refractivity contribution is 5.16. The lowest BCUT2D eigenvalue weighted by Crippen LogP contribution is -2.23. The van der Waals surface area contributed by atoms with Gasteiger partial charge in [0.15, 0.2) is 0 Å². The monoisotopic (exact) mass is 240 g/mol. The van der Waals surface area contributed by atoms with E-state index in [-0.39, 0.29) is 12.2 Å². The molecule has 17 heavy (non-hydrogen) atoms. The molecule has 0 bridgehead atoms. The molecule has 2 atom stereocenters. The maximum absolute atomic E-state index is 5.88. The third kappa shape index (κ3) is 5.37. The quantitative estimate of drug-likeness (QED) is 0.685. The fourth-order valence-electron chi connectivity index (χ4n) is 1.75. The van der Waals surface area contributed by atoms with Gasteiger partial charge in [0, 0.05) is 13.0 Å². The lowest BCUT2D eigenvalue weighted by molar-refractivity contribution is 0.00832. The number of allylic oxidation sites excluding steroid dienone is 3. The molecule has 0 spiro atoms. The Morgan fingerprint density at radius 3 is 2.76 bits per heavy atom. The van der Waals surface area contributed by atoms with Crippen LogP contribution in [0.3, 0.4) is 0 Å². The van der Waals surface area contributed by atoms with Crippen molar-refractivity contribution < 1.29 is 14.2 Å². The molecule has 0 aromatic heterocycles. The van der Waals surface area contributed by atoms with Crippen LogP contribution in [0, 0.1) is 5.92 Å². The molecular weight excluding hydrogens is 216 g/mol. The van der Waals surface area contributed by atoms with E-state index in [1.165, 1.54) is 0 Å². The molecule has 0 saturated carbocycles. The zero-order valence-corrected chi connectivity index (χ0v) is 11.3. The Balaban J connectivity index is 2.47. The fourth-order valence-corrected chi connectivity index (χ4v) is 1.75. The maximum Gasteiger partial charge on any atom is 0.119 e. The molecule has 2 unspecified atom stereocenters. The number of hydrogen-bond acceptors (Lipinski definition) is 3. The van der Waals surface area contributed by atoms with Crippen molar-refractivity contribution in [2.45, 2.75) is 39.4 Å². The molecule has 1 aliphatic rings. The highest BCUT2D eigenvalue weighted by Gasteiger charge is 2.19. The van der Waals surface area contributed by atoms with Crippen molar-refractivity contribution in [2.24, 2.45) is 5.92 Å². The number of rotatable bonds is 7. The van der Waals surface area contributed by atoms with Crippen LogP contribution in [0.15, 0.2) is 24.0 Å². The van der Waals surface area contributed by atoms with Crippen molar-refractivity contribution in [1.29, 1.82) is 0 Å². The molecule has 98 valence electrons. The van der Waals surface area contributed by atoms with Gasteiger partial charge in [-0.3, -0.25) is 0 Å². The summed E-state index contributed by atoms with van der Waals surface area (Å²) in [6.45, 7) is 7.45. The summed E-state index contributed by atoms with van der Waals surface area (Å²) in [5.74, 6) is 1.35. The van der Waals surface area contributed by atoms with Crippen LogP contribution in [0.4, 0.5) is 0 Å². The zero-order valence-electron chi connectivity index (χ0n) is 11.3. The van der Waals surface area contributed by atoms with Gasteiger partial charge in [0.05, 0.1) is 19.3 Å². The first-order valence-corrected chi connectivity index (χ1v) is 6.27. The van der Waals surface area contributed by atoms with Crippen LogP contribution >= 0.6 is 0 Å².